The van der Waals surface area contributed by atoms with Crippen LogP contribution in [0.25, 0.3) is 0 Å². The molecule has 0 saturated carbocycles. The van der Waals surface area contributed by atoms with Crippen LogP contribution in [-0.2, 0) is 16.6 Å². The van der Waals surface area contributed by atoms with Crippen LogP contribution in [0.5, 0.6) is 0 Å². The highest BCUT2D eigenvalue weighted by Crippen LogP contribution is 2.23. The van der Waals surface area contributed by atoms with E-state index < -0.39 is 10.0 Å². The first-order valence-electron chi connectivity index (χ1n) is 6.51. The minimum absolute atomic E-state index is 0.303. The van der Waals surface area contributed by atoms with E-state index in [1.54, 1.807) is 25.6 Å². The second-order valence-electron chi connectivity index (χ2n) is 5.04. The number of hydrogen-bond donors (Lipinski definition) is 1. The zero-order chi connectivity index (χ0) is 15.5. The Balaban J connectivity index is 3.18. The number of aromatic nitrogens is 2. The molecule has 0 aliphatic rings. The van der Waals surface area contributed by atoms with Crippen LogP contribution in [0.2, 0.25) is 0 Å². The highest BCUT2D eigenvalue weighted by Gasteiger charge is 2.28. The van der Waals surface area contributed by atoms with Crippen molar-refractivity contribution in [2.45, 2.75) is 32.2 Å². The van der Waals surface area contributed by atoms with Gasteiger partial charge in [-0.05, 0) is 27.8 Å². The van der Waals surface area contributed by atoms with Gasteiger partial charge in [0.15, 0.2) is 0 Å². The molecule has 0 aliphatic heterocycles. The normalized spacial score (nSPS) is 12.1. The average Bonchev–Trinajstić information content (AvgIpc) is 2.61. The third-order valence-electron chi connectivity index (χ3n) is 3.05. The molecule has 1 aromatic heterocycles. The van der Waals surface area contributed by atoms with Crippen molar-refractivity contribution in [1.29, 1.82) is 0 Å². The Morgan fingerprint density at radius 1 is 1.45 bits per heavy atom. The number of nitrogens with zero attached hydrogens (tertiary/aromatic N) is 3. The van der Waals surface area contributed by atoms with Crippen molar-refractivity contribution < 1.29 is 8.42 Å². The fourth-order valence-corrected chi connectivity index (χ4v) is 3.70. The van der Waals surface area contributed by atoms with Crippen LogP contribution in [-0.4, -0.2) is 49.7 Å². The number of sulfonamides is 1. The molecule has 114 valence electrons. The van der Waals surface area contributed by atoms with Crippen molar-refractivity contribution >= 4 is 10.0 Å². The van der Waals surface area contributed by atoms with Gasteiger partial charge >= 0.3 is 0 Å². The molecule has 1 aromatic rings. The fraction of sp³-hybridized carbons (Fsp3) is 0.615. The van der Waals surface area contributed by atoms with Crippen molar-refractivity contribution in [3.8, 4) is 0 Å². The Hall–Kier alpha value is -1.18. The van der Waals surface area contributed by atoms with Gasteiger partial charge in [-0.3, -0.25) is 4.68 Å². The van der Waals surface area contributed by atoms with Gasteiger partial charge in [0.1, 0.15) is 4.90 Å². The molecule has 0 atom stereocenters. The zero-order valence-corrected chi connectivity index (χ0v) is 13.7. The summed E-state index contributed by atoms with van der Waals surface area (Å²) in [6.07, 6.45) is 0. The number of hydrogen-bond acceptors (Lipinski definition) is 4. The second-order valence-corrected chi connectivity index (χ2v) is 7.03. The Labute approximate surface area is 121 Å². The van der Waals surface area contributed by atoms with E-state index in [2.05, 4.69) is 17.0 Å². The number of likely N-dealkylation sites (N-methyl/N-ethyl adjacent to an activating group) is 2. The second kappa shape index (κ2) is 6.51. The smallest absolute Gasteiger partial charge is 0.246 e. The lowest BCUT2D eigenvalue weighted by atomic mass is 10.4. The van der Waals surface area contributed by atoms with Crippen LogP contribution in [0.15, 0.2) is 17.0 Å². The van der Waals surface area contributed by atoms with Gasteiger partial charge in [-0.25, -0.2) is 8.42 Å². The first-order valence-corrected chi connectivity index (χ1v) is 7.95. The zero-order valence-electron chi connectivity index (χ0n) is 12.9. The predicted octanol–water partition coefficient (Wildman–Crippen LogP) is 0.916. The van der Waals surface area contributed by atoms with Gasteiger partial charge in [0.25, 0.3) is 0 Å². The Morgan fingerprint density at radius 2 is 2.05 bits per heavy atom. The maximum Gasteiger partial charge on any atom is 0.246 e. The van der Waals surface area contributed by atoms with Crippen LogP contribution in [0.3, 0.4) is 0 Å². The molecule has 0 amide bonds. The molecule has 0 unspecified atom stereocenters. The SMILES string of the molecule is C=C(C)CN(C)S(=O)(=O)c1c(C)nn(CCNC)c1C. The molecule has 1 rings (SSSR count). The van der Waals surface area contributed by atoms with E-state index in [-0.39, 0.29) is 0 Å². The molecule has 0 aliphatic carbocycles. The number of nitrogens with one attached hydrogen (secondary N) is 1. The van der Waals surface area contributed by atoms with Crippen molar-refractivity contribution in [1.82, 2.24) is 19.4 Å². The van der Waals surface area contributed by atoms with E-state index >= 15 is 0 Å². The van der Waals surface area contributed by atoms with Gasteiger partial charge in [-0.1, -0.05) is 12.2 Å². The lowest BCUT2D eigenvalue weighted by molar-refractivity contribution is 0.491. The molecule has 7 heteroatoms. The summed E-state index contributed by atoms with van der Waals surface area (Å²) in [5, 5.41) is 7.35. The Morgan fingerprint density at radius 3 is 2.55 bits per heavy atom. The molecule has 6 nitrogen and oxygen atoms in total. The van der Waals surface area contributed by atoms with E-state index in [1.165, 1.54) is 4.31 Å². The molecule has 0 aromatic carbocycles. The molecule has 0 saturated heterocycles. The molecule has 0 fully saturated rings. The summed E-state index contributed by atoms with van der Waals surface area (Å²) < 4.78 is 28.3. The minimum Gasteiger partial charge on any atom is -0.318 e. The van der Waals surface area contributed by atoms with Gasteiger partial charge in [0, 0.05) is 20.1 Å². The van der Waals surface area contributed by atoms with Crippen molar-refractivity contribution in [2.24, 2.45) is 0 Å². The van der Waals surface area contributed by atoms with Crippen LogP contribution in [0.4, 0.5) is 0 Å². The summed E-state index contributed by atoms with van der Waals surface area (Å²) in [6.45, 7) is 10.8. The van der Waals surface area contributed by atoms with Gasteiger partial charge in [0.05, 0.1) is 17.9 Å². The van der Waals surface area contributed by atoms with Gasteiger partial charge in [-0.15, -0.1) is 0 Å². The van der Waals surface area contributed by atoms with E-state index in [4.69, 9.17) is 0 Å². The number of rotatable bonds is 7. The van der Waals surface area contributed by atoms with E-state index in [0.29, 0.717) is 29.4 Å². The third-order valence-corrected chi connectivity index (χ3v) is 5.11. The summed E-state index contributed by atoms with van der Waals surface area (Å²) in [7, 11) is -0.116. The van der Waals surface area contributed by atoms with Gasteiger partial charge in [-0.2, -0.15) is 9.40 Å². The minimum atomic E-state index is -3.53. The van der Waals surface area contributed by atoms with Crippen molar-refractivity contribution in [3.05, 3.63) is 23.5 Å². The number of aryl methyl sites for hydroxylation is 1. The monoisotopic (exact) mass is 300 g/mol. The predicted molar refractivity (Wildman–Crippen MR) is 80.3 cm³/mol. The highest BCUT2D eigenvalue weighted by molar-refractivity contribution is 7.89. The Kier molecular flexibility index (Phi) is 5.50. The van der Waals surface area contributed by atoms with E-state index in [1.807, 2.05) is 14.0 Å². The Bertz CT molecular complexity index is 590. The van der Waals surface area contributed by atoms with E-state index in [0.717, 1.165) is 12.1 Å². The quantitative estimate of drug-likeness (QED) is 0.760. The standard InChI is InChI=1S/C13H24N4O2S/c1-10(2)9-16(6)20(18,19)13-11(3)15-17(12(13)4)8-7-14-5/h14H,1,7-9H2,2-6H3. The molecule has 0 spiro atoms. The summed E-state index contributed by atoms with van der Waals surface area (Å²) in [5.74, 6) is 0. The van der Waals surface area contributed by atoms with Crippen LogP contribution in [0.1, 0.15) is 18.3 Å². The van der Waals surface area contributed by atoms with Crippen LogP contribution >= 0.6 is 0 Å². The molecular weight excluding hydrogens is 276 g/mol. The van der Waals surface area contributed by atoms with E-state index in [9.17, 15) is 8.42 Å². The molecular formula is C13H24N4O2S. The topological polar surface area (TPSA) is 67.2 Å². The summed E-state index contributed by atoms with van der Waals surface area (Å²) in [6, 6.07) is 0. The molecule has 0 radical (unpaired) electrons. The molecule has 20 heavy (non-hydrogen) atoms. The highest BCUT2D eigenvalue weighted by atomic mass is 32.2. The van der Waals surface area contributed by atoms with Crippen molar-refractivity contribution in [2.75, 3.05) is 27.2 Å². The third kappa shape index (κ3) is 3.47. The molecule has 1 N–H and O–H groups in total. The maximum absolute atomic E-state index is 12.6. The van der Waals surface area contributed by atoms with Crippen LogP contribution < -0.4 is 5.32 Å². The lowest BCUT2D eigenvalue weighted by Crippen LogP contribution is -2.29. The largest absolute Gasteiger partial charge is 0.318 e. The maximum atomic E-state index is 12.6. The molecule has 0 bridgehead atoms. The molecule has 1 heterocycles. The van der Waals surface area contributed by atoms with Crippen molar-refractivity contribution in [3.63, 3.8) is 0 Å². The first kappa shape index (κ1) is 16.9. The first-order chi connectivity index (χ1) is 9.21. The fourth-order valence-electron chi connectivity index (χ4n) is 2.11. The summed E-state index contributed by atoms with van der Waals surface area (Å²) >= 11 is 0. The average molecular weight is 300 g/mol. The lowest BCUT2D eigenvalue weighted by Gasteiger charge is -2.17. The summed E-state index contributed by atoms with van der Waals surface area (Å²) in [5.41, 5.74) is 2.01. The van der Waals surface area contributed by atoms with Crippen LogP contribution in [0, 0.1) is 13.8 Å². The van der Waals surface area contributed by atoms with Gasteiger partial charge in [0.2, 0.25) is 10.0 Å². The summed E-state index contributed by atoms with van der Waals surface area (Å²) in [4.78, 5) is 0.303. The van der Waals surface area contributed by atoms with Gasteiger partial charge < -0.3 is 5.32 Å².